The highest BCUT2D eigenvalue weighted by Gasteiger charge is 2.09. The maximum atomic E-state index is 5.71. The Kier molecular flexibility index (Phi) is 3.81. The number of nitrogens with zero attached hydrogens (tertiary/aromatic N) is 1. The van der Waals surface area contributed by atoms with E-state index in [1.54, 1.807) is 11.3 Å². The van der Waals surface area contributed by atoms with Crippen LogP contribution in [0.2, 0.25) is 0 Å². The second-order valence-corrected chi connectivity index (χ2v) is 6.89. The van der Waals surface area contributed by atoms with Crippen molar-refractivity contribution in [3.05, 3.63) is 44.9 Å². The number of rotatable bonds is 4. The number of aromatic nitrogens is 1. The lowest BCUT2D eigenvalue weighted by Gasteiger charge is -2.03. The molecule has 3 aromatic rings. The molecule has 1 aromatic carbocycles. The summed E-state index contributed by atoms with van der Waals surface area (Å²) in [5, 5.41) is 5.50. The third-order valence-corrected chi connectivity index (χ3v) is 4.68. The lowest BCUT2D eigenvalue weighted by Crippen LogP contribution is -1.96. The molecule has 20 heavy (non-hydrogen) atoms. The molecule has 104 valence electrons. The summed E-state index contributed by atoms with van der Waals surface area (Å²) in [5.41, 5.74) is 2.81. The molecule has 0 radical (unpaired) electrons. The van der Waals surface area contributed by atoms with Crippen molar-refractivity contribution in [2.45, 2.75) is 26.3 Å². The van der Waals surface area contributed by atoms with Crippen LogP contribution in [0.5, 0.6) is 0 Å². The number of nitrogens with one attached hydrogen (secondary N) is 1. The van der Waals surface area contributed by atoms with Gasteiger partial charge in [0.2, 0.25) is 0 Å². The van der Waals surface area contributed by atoms with Crippen molar-refractivity contribution < 1.29 is 4.42 Å². The Morgan fingerprint density at radius 3 is 2.90 bits per heavy atom. The molecule has 3 rings (SSSR count). The molecule has 0 bridgehead atoms. The van der Waals surface area contributed by atoms with E-state index >= 15 is 0 Å². The van der Waals surface area contributed by atoms with Crippen LogP contribution in [-0.2, 0) is 6.54 Å². The molecule has 1 N–H and O–H groups in total. The molecule has 0 atom stereocenters. The van der Waals surface area contributed by atoms with E-state index in [0.29, 0.717) is 5.92 Å². The highest BCUT2D eigenvalue weighted by molar-refractivity contribution is 9.10. The van der Waals surface area contributed by atoms with Crippen LogP contribution in [0.25, 0.3) is 11.1 Å². The fourth-order valence-electron chi connectivity index (χ4n) is 1.94. The summed E-state index contributed by atoms with van der Waals surface area (Å²) in [5.74, 6) is 1.10. The quantitative estimate of drug-likeness (QED) is 0.685. The van der Waals surface area contributed by atoms with Crippen LogP contribution in [0, 0.1) is 0 Å². The number of benzene rings is 1. The molecular formula is C15H15BrN2OS. The number of oxazole rings is 1. The minimum absolute atomic E-state index is 0.308. The monoisotopic (exact) mass is 350 g/mol. The molecule has 0 aliphatic rings. The van der Waals surface area contributed by atoms with E-state index in [9.17, 15) is 0 Å². The Morgan fingerprint density at radius 2 is 2.20 bits per heavy atom. The number of fused-ring (bicyclic) bond motifs is 1. The molecular weight excluding hydrogens is 336 g/mol. The van der Waals surface area contributed by atoms with Gasteiger partial charge in [0.15, 0.2) is 11.5 Å². The first kappa shape index (κ1) is 13.6. The van der Waals surface area contributed by atoms with Gasteiger partial charge in [0.25, 0.3) is 0 Å². The molecule has 0 saturated heterocycles. The van der Waals surface area contributed by atoms with Gasteiger partial charge in [-0.1, -0.05) is 13.8 Å². The number of anilines is 1. The summed E-state index contributed by atoms with van der Waals surface area (Å²) in [6.45, 7) is 4.98. The summed E-state index contributed by atoms with van der Waals surface area (Å²) >= 11 is 5.20. The van der Waals surface area contributed by atoms with Gasteiger partial charge >= 0.3 is 0 Å². The normalized spacial score (nSPS) is 11.4. The molecule has 3 nitrogen and oxygen atoms in total. The van der Waals surface area contributed by atoms with Gasteiger partial charge in [0, 0.05) is 32.9 Å². The Morgan fingerprint density at radius 1 is 1.35 bits per heavy atom. The first-order chi connectivity index (χ1) is 9.61. The number of thiophene rings is 1. The molecule has 0 aliphatic heterocycles. The average Bonchev–Trinajstić information content (AvgIpc) is 3.01. The van der Waals surface area contributed by atoms with Gasteiger partial charge in [0.05, 0.1) is 0 Å². The smallest absolute Gasteiger partial charge is 0.198 e. The van der Waals surface area contributed by atoms with Crippen LogP contribution in [-0.4, -0.2) is 4.98 Å². The Balaban J connectivity index is 1.78. The van der Waals surface area contributed by atoms with Crippen LogP contribution in [0.15, 0.2) is 38.5 Å². The van der Waals surface area contributed by atoms with E-state index in [1.165, 1.54) is 4.88 Å². The first-order valence-corrected chi connectivity index (χ1v) is 8.16. The summed E-state index contributed by atoms with van der Waals surface area (Å²) in [4.78, 5) is 5.81. The van der Waals surface area contributed by atoms with Crippen molar-refractivity contribution in [1.29, 1.82) is 0 Å². The topological polar surface area (TPSA) is 38.1 Å². The number of halogens is 1. The highest BCUT2D eigenvalue weighted by atomic mass is 79.9. The standard InChI is InChI=1S/C15H15BrN2OS/c1-9(2)15-18-13-6-11(3-4-14(13)19-15)17-7-12-5-10(16)8-20-12/h3-6,8-9,17H,7H2,1-2H3. The Hall–Kier alpha value is -1.33. The molecule has 0 aliphatic carbocycles. The van der Waals surface area contributed by atoms with Crippen molar-refractivity contribution in [2.75, 3.05) is 5.32 Å². The summed E-state index contributed by atoms with van der Waals surface area (Å²) in [6.07, 6.45) is 0. The van der Waals surface area contributed by atoms with Crippen molar-refractivity contribution in [3.63, 3.8) is 0 Å². The zero-order chi connectivity index (χ0) is 14.1. The lowest BCUT2D eigenvalue weighted by molar-refractivity contribution is 0.501. The van der Waals surface area contributed by atoms with Gasteiger partial charge in [-0.05, 0) is 40.2 Å². The van der Waals surface area contributed by atoms with Gasteiger partial charge < -0.3 is 9.73 Å². The number of hydrogen-bond donors (Lipinski definition) is 1. The van der Waals surface area contributed by atoms with E-state index in [2.05, 4.69) is 51.5 Å². The van der Waals surface area contributed by atoms with E-state index in [-0.39, 0.29) is 0 Å². The van der Waals surface area contributed by atoms with Crippen LogP contribution >= 0.6 is 27.3 Å². The van der Waals surface area contributed by atoms with Crippen LogP contribution in [0.4, 0.5) is 5.69 Å². The zero-order valence-electron chi connectivity index (χ0n) is 11.3. The minimum atomic E-state index is 0.308. The van der Waals surface area contributed by atoms with Crippen molar-refractivity contribution >= 4 is 44.1 Å². The first-order valence-electron chi connectivity index (χ1n) is 6.49. The molecule has 0 amide bonds. The average molecular weight is 351 g/mol. The third kappa shape index (κ3) is 2.88. The molecule has 0 fully saturated rings. The van der Waals surface area contributed by atoms with Crippen molar-refractivity contribution in [2.24, 2.45) is 0 Å². The van der Waals surface area contributed by atoms with Crippen LogP contribution < -0.4 is 5.32 Å². The van der Waals surface area contributed by atoms with Crippen LogP contribution in [0.1, 0.15) is 30.5 Å². The van der Waals surface area contributed by atoms with E-state index in [4.69, 9.17) is 4.42 Å². The largest absolute Gasteiger partial charge is 0.440 e. The van der Waals surface area contributed by atoms with E-state index < -0.39 is 0 Å². The van der Waals surface area contributed by atoms with Crippen molar-refractivity contribution in [3.8, 4) is 0 Å². The highest BCUT2D eigenvalue weighted by Crippen LogP contribution is 2.25. The lowest BCUT2D eigenvalue weighted by atomic mass is 10.2. The summed E-state index contributed by atoms with van der Waals surface area (Å²) < 4.78 is 6.84. The Labute approximate surface area is 130 Å². The molecule has 0 saturated carbocycles. The molecule has 5 heteroatoms. The SMILES string of the molecule is CC(C)c1nc2cc(NCc3cc(Br)cs3)ccc2o1. The fourth-order valence-corrected chi connectivity index (χ4v) is 3.33. The van der Waals surface area contributed by atoms with Gasteiger partial charge in [-0.15, -0.1) is 11.3 Å². The molecule has 2 aromatic heterocycles. The van der Waals surface area contributed by atoms with Gasteiger partial charge in [0.1, 0.15) is 5.52 Å². The third-order valence-electron chi connectivity index (χ3n) is 2.99. The van der Waals surface area contributed by atoms with E-state index in [0.717, 1.165) is 33.7 Å². The second-order valence-electron chi connectivity index (χ2n) is 4.97. The molecule has 0 spiro atoms. The maximum Gasteiger partial charge on any atom is 0.198 e. The summed E-state index contributed by atoms with van der Waals surface area (Å²) in [6, 6.07) is 8.16. The second kappa shape index (κ2) is 5.58. The van der Waals surface area contributed by atoms with E-state index in [1.807, 2.05) is 18.2 Å². The predicted octanol–water partition coefficient (Wildman–Crippen LogP) is 5.39. The Bertz CT molecular complexity index is 732. The summed E-state index contributed by atoms with van der Waals surface area (Å²) in [7, 11) is 0. The number of hydrogen-bond acceptors (Lipinski definition) is 4. The maximum absolute atomic E-state index is 5.71. The predicted molar refractivity (Wildman–Crippen MR) is 87.4 cm³/mol. The molecule has 2 heterocycles. The van der Waals surface area contributed by atoms with Crippen molar-refractivity contribution in [1.82, 2.24) is 4.98 Å². The van der Waals surface area contributed by atoms with Gasteiger partial charge in [-0.2, -0.15) is 0 Å². The minimum Gasteiger partial charge on any atom is -0.440 e. The van der Waals surface area contributed by atoms with Gasteiger partial charge in [-0.3, -0.25) is 0 Å². The fraction of sp³-hybridized carbons (Fsp3) is 0.267. The molecule has 0 unspecified atom stereocenters. The zero-order valence-corrected chi connectivity index (χ0v) is 13.7. The van der Waals surface area contributed by atoms with Crippen LogP contribution in [0.3, 0.4) is 0 Å². The van der Waals surface area contributed by atoms with Gasteiger partial charge in [-0.25, -0.2) is 4.98 Å².